The van der Waals surface area contributed by atoms with Gasteiger partial charge in [0.05, 0.1) is 0 Å². The van der Waals surface area contributed by atoms with E-state index in [1.54, 1.807) is 18.2 Å². The minimum Gasteiger partial charge on any atom is -0.389 e. The van der Waals surface area contributed by atoms with Crippen molar-refractivity contribution in [1.29, 1.82) is 0 Å². The molecule has 0 heterocycles. The first-order valence-corrected chi connectivity index (χ1v) is 6.34. The number of thiocarbonyl (C=S) groups is 1. The van der Waals surface area contributed by atoms with Gasteiger partial charge in [0, 0.05) is 30.4 Å². The molecule has 2 aromatic carbocycles. The summed E-state index contributed by atoms with van der Waals surface area (Å²) >= 11 is 4.84. The Bertz CT molecular complexity index is 584. The van der Waals surface area contributed by atoms with Gasteiger partial charge in [0.1, 0.15) is 10.8 Å². The average molecular weight is 274 g/mol. The topological polar surface area (TPSA) is 29.3 Å². The molecule has 0 saturated heterocycles. The van der Waals surface area contributed by atoms with Crippen molar-refractivity contribution in [3.63, 3.8) is 0 Å². The van der Waals surface area contributed by atoms with E-state index in [1.807, 2.05) is 42.3 Å². The van der Waals surface area contributed by atoms with E-state index >= 15 is 0 Å². The molecule has 2 aromatic rings. The highest BCUT2D eigenvalue weighted by Crippen LogP contribution is 2.18. The quantitative estimate of drug-likeness (QED) is 0.869. The molecule has 2 nitrogen and oxygen atoms in total. The van der Waals surface area contributed by atoms with Gasteiger partial charge >= 0.3 is 0 Å². The number of hydrogen-bond acceptors (Lipinski definition) is 2. The lowest BCUT2D eigenvalue weighted by Gasteiger charge is -2.20. The van der Waals surface area contributed by atoms with Gasteiger partial charge in [0.15, 0.2) is 0 Å². The highest BCUT2D eigenvalue weighted by atomic mass is 32.1. The summed E-state index contributed by atoms with van der Waals surface area (Å²) in [7, 11) is 1.92. The standard InChI is InChI=1S/C15H15FN2S/c1-18(12-7-3-2-4-8-12)10-11-6-5-9-13(14(11)16)15(17)19/h2-9H,10H2,1H3,(H2,17,19). The zero-order valence-electron chi connectivity index (χ0n) is 10.6. The number of rotatable bonds is 4. The second-order valence-electron chi connectivity index (χ2n) is 4.33. The van der Waals surface area contributed by atoms with Crippen molar-refractivity contribution < 1.29 is 4.39 Å². The molecule has 98 valence electrons. The predicted molar refractivity (Wildman–Crippen MR) is 80.8 cm³/mol. The summed E-state index contributed by atoms with van der Waals surface area (Å²) in [4.78, 5) is 2.06. The van der Waals surface area contributed by atoms with Crippen molar-refractivity contribution in [3.8, 4) is 0 Å². The van der Waals surface area contributed by atoms with Crippen LogP contribution in [0.3, 0.4) is 0 Å². The minimum atomic E-state index is -0.335. The third-order valence-corrected chi connectivity index (χ3v) is 3.17. The smallest absolute Gasteiger partial charge is 0.138 e. The Hall–Kier alpha value is -1.94. The van der Waals surface area contributed by atoms with Crippen LogP contribution in [0.2, 0.25) is 0 Å². The maximum absolute atomic E-state index is 14.2. The van der Waals surface area contributed by atoms with Crippen molar-refractivity contribution in [3.05, 3.63) is 65.5 Å². The van der Waals surface area contributed by atoms with E-state index < -0.39 is 0 Å². The van der Waals surface area contributed by atoms with E-state index in [9.17, 15) is 4.39 Å². The van der Waals surface area contributed by atoms with E-state index in [1.165, 1.54) is 0 Å². The number of para-hydroxylation sites is 1. The SMILES string of the molecule is CN(Cc1cccc(C(N)=S)c1F)c1ccccc1. The van der Waals surface area contributed by atoms with E-state index in [-0.39, 0.29) is 10.8 Å². The van der Waals surface area contributed by atoms with Crippen LogP contribution in [-0.4, -0.2) is 12.0 Å². The van der Waals surface area contributed by atoms with Gasteiger partial charge in [-0.25, -0.2) is 4.39 Å². The molecule has 0 bridgehead atoms. The summed E-state index contributed by atoms with van der Waals surface area (Å²) in [5, 5.41) is 0. The van der Waals surface area contributed by atoms with Crippen LogP contribution in [0.25, 0.3) is 0 Å². The van der Waals surface area contributed by atoms with Crippen molar-refractivity contribution in [2.24, 2.45) is 5.73 Å². The summed E-state index contributed by atoms with van der Waals surface area (Å²) in [5.41, 5.74) is 7.41. The van der Waals surface area contributed by atoms with Crippen LogP contribution < -0.4 is 10.6 Å². The van der Waals surface area contributed by atoms with E-state index in [2.05, 4.69) is 0 Å². The molecule has 0 saturated carbocycles. The molecule has 0 aliphatic carbocycles. The van der Waals surface area contributed by atoms with Crippen LogP contribution in [0.5, 0.6) is 0 Å². The molecule has 19 heavy (non-hydrogen) atoms. The Kier molecular flexibility index (Phi) is 4.12. The van der Waals surface area contributed by atoms with Crippen LogP contribution in [0, 0.1) is 5.82 Å². The number of nitrogens with zero attached hydrogens (tertiary/aromatic N) is 1. The van der Waals surface area contributed by atoms with Crippen LogP contribution in [0.15, 0.2) is 48.5 Å². The van der Waals surface area contributed by atoms with Gasteiger partial charge in [-0.2, -0.15) is 0 Å². The van der Waals surface area contributed by atoms with E-state index in [0.29, 0.717) is 17.7 Å². The first kappa shape index (κ1) is 13.5. The summed E-state index contributed by atoms with van der Waals surface area (Å²) in [6.07, 6.45) is 0. The maximum atomic E-state index is 14.2. The zero-order chi connectivity index (χ0) is 13.8. The number of halogens is 1. The maximum Gasteiger partial charge on any atom is 0.138 e. The highest BCUT2D eigenvalue weighted by Gasteiger charge is 2.11. The Morgan fingerprint density at radius 1 is 1.16 bits per heavy atom. The Morgan fingerprint density at radius 3 is 2.47 bits per heavy atom. The Balaban J connectivity index is 2.25. The van der Waals surface area contributed by atoms with Gasteiger partial charge in [-0.3, -0.25) is 0 Å². The molecule has 2 rings (SSSR count). The first-order chi connectivity index (χ1) is 9.09. The molecule has 0 radical (unpaired) electrons. The van der Waals surface area contributed by atoms with Crippen molar-refractivity contribution >= 4 is 22.9 Å². The molecule has 0 aromatic heterocycles. The third-order valence-electron chi connectivity index (χ3n) is 2.95. The zero-order valence-corrected chi connectivity index (χ0v) is 11.5. The second-order valence-corrected chi connectivity index (χ2v) is 4.77. The lowest BCUT2D eigenvalue weighted by atomic mass is 10.1. The van der Waals surface area contributed by atoms with Gasteiger partial charge in [-0.05, 0) is 18.2 Å². The number of benzene rings is 2. The van der Waals surface area contributed by atoms with E-state index in [4.69, 9.17) is 18.0 Å². The normalized spacial score (nSPS) is 10.2. The number of hydrogen-bond donors (Lipinski definition) is 1. The molecular weight excluding hydrogens is 259 g/mol. The number of nitrogens with two attached hydrogens (primary N) is 1. The molecule has 0 aliphatic rings. The second kappa shape index (κ2) is 5.80. The fourth-order valence-electron chi connectivity index (χ4n) is 1.92. The molecule has 0 fully saturated rings. The molecule has 4 heteroatoms. The summed E-state index contributed by atoms with van der Waals surface area (Å²) < 4.78 is 14.2. The van der Waals surface area contributed by atoms with Gasteiger partial charge in [-0.1, -0.05) is 42.5 Å². The van der Waals surface area contributed by atoms with Crippen LogP contribution >= 0.6 is 12.2 Å². The van der Waals surface area contributed by atoms with Gasteiger partial charge < -0.3 is 10.6 Å². The summed E-state index contributed by atoms with van der Waals surface area (Å²) in [6.45, 7) is 0.465. The molecule has 0 atom stereocenters. The fourth-order valence-corrected chi connectivity index (χ4v) is 2.08. The average Bonchev–Trinajstić information content (AvgIpc) is 2.41. The highest BCUT2D eigenvalue weighted by molar-refractivity contribution is 7.80. The summed E-state index contributed by atoms with van der Waals surface area (Å²) in [5.74, 6) is -0.335. The molecule has 0 amide bonds. The fraction of sp³-hybridized carbons (Fsp3) is 0.133. The van der Waals surface area contributed by atoms with Crippen molar-refractivity contribution in [1.82, 2.24) is 0 Å². The predicted octanol–water partition coefficient (Wildman–Crippen LogP) is 3.10. The minimum absolute atomic E-state index is 0.0849. The third kappa shape index (κ3) is 3.09. The van der Waals surface area contributed by atoms with Crippen LogP contribution in [0.1, 0.15) is 11.1 Å². The lowest BCUT2D eigenvalue weighted by Crippen LogP contribution is -2.19. The van der Waals surface area contributed by atoms with E-state index in [0.717, 1.165) is 5.69 Å². The largest absolute Gasteiger partial charge is 0.389 e. The monoisotopic (exact) mass is 274 g/mol. The summed E-state index contributed by atoms with van der Waals surface area (Å²) in [6, 6.07) is 14.9. The van der Waals surface area contributed by atoms with Crippen molar-refractivity contribution in [2.45, 2.75) is 6.54 Å². The molecule has 2 N–H and O–H groups in total. The molecule has 0 aliphatic heterocycles. The van der Waals surface area contributed by atoms with Crippen molar-refractivity contribution in [2.75, 3.05) is 11.9 Å². The van der Waals surface area contributed by atoms with Crippen LogP contribution in [0.4, 0.5) is 10.1 Å². The van der Waals surface area contributed by atoms with Gasteiger partial charge in [0.25, 0.3) is 0 Å². The molecule has 0 unspecified atom stereocenters. The lowest BCUT2D eigenvalue weighted by molar-refractivity contribution is 0.605. The molecule has 0 spiro atoms. The Morgan fingerprint density at radius 2 is 1.84 bits per heavy atom. The van der Waals surface area contributed by atoms with Gasteiger partial charge in [0.2, 0.25) is 0 Å². The van der Waals surface area contributed by atoms with Crippen LogP contribution in [-0.2, 0) is 6.54 Å². The number of anilines is 1. The Labute approximate surface area is 117 Å². The van der Waals surface area contributed by atoms with Gasteiger partial charge in [-0.15, -0.1) is 0 Å². The first-order valence-electron chi connectivity index (χ1n) is 5.93. The molecular formula is C15H15FN2S.